The van der Waals surface area contributed by atoms with E-state index in [1.165, 1.54) is 16.7 Å². The molecule has 5 rings (SSSR count). The summed E-state index contributed by atoms with van der Waals surface area (Å²) < 4.78 is 37.2. The van der Waals surface area contributed by atoms with E-state index in [0.717, 1.165) is 55.0 Å². The van der Waals surface area contributed by atoms with Gasteiger partial charge in [0.25, 0.3) is 0 Å². The van der Waals surface area contributed by atoms with Crippen LogP contribution >= 0.6 is 0 Å². The number of fused-ring (bicyclic) bond motifs is 1. The molecular weight excluding hydrogens is 471 g/mol. The molecule has 4 aromatic rings. The number of benzene rings is 3. The summed E-state index contributed by atoms with van der Waals surface area (Å²) in [5, 5.41) is 10.8. The van der Waals surface area contributed by atoms with Crippen LogP contribution in [0.2, 0.25) is 0 Å². The average molecular weight is 498 g/mol. The minimum atomic E-state index is -5.08. The highest BCUT2D eigenvalue weighted by Crippen LogP contribution is 2.26. The molecule has 0 unspecified atom stereocenters. The third kappa shape index (κ3) is 6.71. The van der Waals surface area contributed by atoms with E-state index < -0.39 is 12.1 Å². The van der Waals surface area contributed by atoms with Crippen molar-refractivity contribution in [1.82, 2.24) is 15.3 Å². The lowest BCUT2D eigenvalue weighted by molar-refractivity contribution is -0.192. The number of hydrogen-bond donors (Lipinski definition) is 3. The summed E-state index contributed by atoms with van der Waals surface area (Å²) in [5.41, 5.74) is 6.89. The van der Waals surface area contributed by atoms with Gasteiger partial charge in [-0.2, -0.15) is 13.2 Å². The number of aromatic nitrogens is 2. The number of alkyl halides is 3. The summed E-state index contributed by atoms with van der Waals surface area (Å²) in [5.74, 6) is -1.85. The SMILES string of the molecule is O=C(O)C(F)(F)F.c1cc(-c2ccc(CNC3CCOCC3)cc2)cc(-c2nc3ccccc3[nH]2)c1. The second-order valence-corrected chi connectivity index (χ2v) is 8.45. The summed E-state index contributed by atoms with van der Waals surface area (Å²) in [6.45, 7) is 2.65. The van der Waals surface area contributed by atoms with Gasteiger partial charge in [0, 0.05) is 31.4 Å². The van der Waals surface area contributed by atoms with Crippen molar-refractivity contribution in [2.75, 3.05) is 13.2 Å². The Morgan fingerprint density at radius 3 is 2.31 bits per heavy atom. The first kappa shape index (κ1) is 25.4. The molecule has 0 amide bonds. The largest absolute Gasteiger partial charge is 0.490 e. The number of aromatic amines is 1. The molecule has 0 radical (unpaired) electrons. The quantitative estimate of drug-likeness (QED) is 0.325. The molecule has 1 saturated heterocycles. The number of halogens is 3. The molecule has 0 saturated carbocycles. The van der Waals surface area contributed by atoms with E-state index in [2.05, 4.69) is 64.9 Å². The van der Waals surface area contributed by atoms with Crippen LogP contribution in [0.25, 0.3) is 33.5 Å². The van der Waals surface area contributed by atoms with Gasteiger partial charge < -0.3 is 20.1 Å². The first-order valence-corrected chi connectivity index (χ1v) is 11.6. The molecule has 2 heterocycles. The first-order chi connectivity index (χ1) is 17.3. The number of H-pyrrole nitrogens is 1. The lowest BCUT2D eigenvalue weighted by Gasteiger charge is -2.23. The van der Waals surface area contributed by atoms with Crippen molar-refractivity contribution < 1.29 is 27.8 Å². The zero-order valence-electron chi connectivity index (χ0n) is 19.4. The fourth-order valence-corrected chi connectivity index (χ4v) is 3.91. The van der Waals surface area contributed by atoms with Crippen LogP contribution in [0.3, 0.4) is 0 Å². The topological polar surface area (TPSA) is 87.2 Å². The van der Waals surface area contributed by atoms with Gasteiger partial charge in [0.05, 0.1) is 11.0 Å². The Balaban J connectivity index is 0.000000384. The number of para-hydroxylation sites is 2. The van der Waals surface area contributed by atoms with Gasteiger partial charge in [-0.15, -0.1) is 0 Å². The van der Waals surface area contributed by atoms with Crippen molar-refractivity contribution in [3.63, 3.8) is 0 Å². The second-order valence-electron chi connectivity index (χ2n) is 8.45. The predicted octanol–water partition coefficient (Wildman–Crippen LogP) is 5.80. The van der Waals surface area contributed by atoms with Crippen LogP contribution in [0, 0.1) is 0 Å². The number of aliphatic carboxylic acids is 1. The molecule has 3 aromatic carbocycles. The maximum absolute atomic E-state index is 10.6. The van der Waals surface area contributed by atoms with Crippen molar-refractivity contribution in [1.29, 1.82) is 0 Å². The van der Waals surface area contributed by atoms with Crippen LogP contribution in [0.15, 0.2) is 72.8 Å². The van der Waals surface area contributed by atoms with Gasteiger partial charge in [0.1, 0.15) is 5.82 Å². The first-order valence-electron chi connectivity index (χ1n) is 11.6. The predicted molar refractivity (Wildman–Crippen MR) is 131 cm³/mol. The molecule has 0 spiro atoms. The number of imidazole rings is 1. The number of ether oxygens (including phenoxy) is 1. The number of carbonyl (C=O) groups is 1. The van der Waals surface area contributed by atoms with E-state index in [-0.39, 0.29) is 0 Å². The number of nitrogens with zero attached hydrogens (tertiary/aromatic N) is 1. The van der Waals surface area contributed by atoms with Crippen LogP contribution < -0.4 is 5.32 Å². The standard InChI is InChI=1S/C25H25N3O.C2HF3O2/c1-2-7-24-23(6-1)27-25(28-24)21-5-3-4-20(16-21)19-10-8-18(9-11-19)17-26-22-12-14-29-15-13-22;3-2(4,5)1(6)7/h1-11,16,22,26H,12-15,17H2,(H,27,28);(H,6,7). The fourth-order valence-electron chi connectivity index (χ4n) is 3.91. The van der Waals surface area contributed by atoms with E-state index in [4.69, 9.17) is 19.6 Å². The Hall–Kier alpha value is -3.69. The van der Waals surface area contributed by atoms with Crippen LogP contribution in [0.1, 0.15) is 18.4 Å². The van der Waals surface area contributed by atoms with Gasteiger partial charge in [-0.05, 0) is 47.7 Å². The number of hydrogen-bond acceptors (Lipinski definition) is 4. The molecule has 3 N–H and O–H groups in total. The summed E-state index contributed by atoms with van der Waals surface area (Å²) >= 11 is 0. The number of nitrogens with one attached hydrogen (secondary N) is 2. The molecule has 6 nitrogen and oxygen atoms in total. The zero-order valence-corrected chi connectivity index (χ0v) is 19.4. The van der Waals surface area contributed by atoms with Crippen molar-refractivity contribution in [3.05, 3.63) is 78.4 Å². The van der Waals surface area contributed by atoms with E-state index >= 15 is 0 Å². The molecule has 0 aliphatic carbocycles. The highest BCUT2D eigenvalue weighted by molar-refractivity contribution is 5.80. The van der Waals surface area contributed by atoms with Gasteiger partial charge in [-0.3, -0.25) is 0 Å². The van der Waals surface area contributed by atoms with Crippen LogP contribution in [0.5, 0.6) is 0 Å². The summed E-state index contributed by atoms with van der Waals surface area (Å²) in [7, 11) is 0. The molecule has 0 atom stereocenters. The monoisotopic (exact) mass is 497 g/mol. The minimum absolute atomic E-state index is 0.573. The maximum Gasteiger partial charge on any atom is 0.490 e. The highest BCUT2D eigenvalue weighted by atomic mass is 19.4. The third-order valence-corrected chi connectivity index (χ3v) is 5.87. The van der Waals surface area contributed by atoms with Crippen molar-refractivity contribution >= 4 is 17.0 Å². The van der Waals surface area contributed by atoms with Crippen molar-refractivity contribution in [3.8, 4) is 22.5 Å². The van der Waals surface area contributed by atoms with Crippen LogP contribution in [0.4, 0.5) is 13.2 Å². The molecule has 188 valence electrons. The Bertz CT molecular complexity index is 1260. The van der Waals surface area contributed by atoms with Gasteiger partial charge in [-0.25, -0.2) is 9.78 Å². The molecule has 9 heteroatoms. The average Bonchev–Trinajstić information content (AvgIpc) is 3.33. The summed E-state index contributed by atoms with van der Waals surface area (Å²) in [6.07, 6.45) is -2.88. The van der Waals surface area contributed by atoms with E-state index in [9.17, 15) is 13.2 Å². The smallest absolute Gasteiger partial charge is 0.475 e. The molecule has 36 heavy (non-hydrogen) atoms. The van der Waals surface area contributed by atoms with Crippen molar-refractivity contribution in [2.24, 2.45) is 0 Å². The Morgan fingerprint density at radius 2 is 1.64 bits per heavy atom. The van der Waals surface area contributed by atoms with Crippen LogP contribution in [-0.2, 0) is 16.1 Å². The number of rotatable bonds is 5. The van der Waals surface area contributed by atoms with E-state index in [1.807, 2.05) is 18.2 Å². The molecule has 1 fully saturated rings. The maximum atomic E-state index is 10.6. The van der Waals surface area contributed by atoms with Gasteiger partial charge in [-0.1, -0.05) is 54.6 Å². The number of carboxylic acid groups (broad SMARTS) is 1. The van der Waals surface area contributed by atoms with E-state index in [1.54, 1.807) is 0 Å². The highest BCUT2D eigenvalue weighted by Gasteiger charge is 2.38. The Labute approximate surface area is 206 Å². The summed E-state index contributed by atoms with van der Waals surface area (Å²) in [4.78, 5) is 17.0. The normalized spacial score (nSPS) is 14.3. The van der Waals surface area contributed by atoms with Crippen LogP contribution in [-0.4, -0.2) is 46.5 Å². The van der Waals surface area contributed by atoms with Crippen molar-refractivity contribution in [2.45, 2.75) is 31.6 Å². The molecule has 0 bridgehead atoms. The Kier molecular flexibility index (Phi) is 8.02. The zero-order chi connectivity index (χ0) is 25.5. The Morgan fingerprint density at radius 1 is 0.972 bits per heavy atom. The third-order valence-electron chi connectivity index (χ3n) is 5.87. The number of carboxylic acids is 1. The lowest BCUT2D eigenvalue weighted by Crippen LogP contribution is -2.34. The van der Waals surface area contributed by atoms with E-state index in [0.29, 0.717) is 6.04 Å². The van der Waals surface area contributed by atoms with Gasteiger partial charge in [0.15, 0.2) is 0 Å². The molecule has 1 aromatic heterocycles. The molecule has 1 aliphatic rings. The second kappa shape index (κ2) is 11.4. The minimum Gasteiger partial charge on any atom is -0.475 e. The summed E-state index contributed by atoms with van der Waals surface area (Å²) in [6, 6.07) is 26.1. The lowest BCUT2D eigenvalue weighted by atomic mass is 10.0. The fraction of sp³-hybridized carbons (Fsp3) is 0.259. The molecule has 1 aliphatic heterocycles. The van der Waals surface area contributed by atoms with Gasteiger partial charge >= 0.3 is 12.1 Å². The van der Waals surface area contributed by atoms with Gasteiger partial charge in [0.2, 0.25) is 0 Å². The molecular formula is C27H26F3N3O3.